The zero-order chi connectivity index (χ0) is 13.1. The van der Waals surface area contributed by atoms with Crippen LogP contribution in [0.15, 0.2) is 18.2 Å². The molecule has 1 atom stereocenters. The van der Waals surface area contributed by atoms with E-state index in [1.54, 1.807) is 0 Å². The fourth-order valence-corrected chi connectivity index (χ4v) is 2.48. The van der Waals surface area contributed by atoms with E-state index in [0.29, 0.717) is 12.5 Å². The molecule has 98 valence electrons. The van der Waals surface area contributed by atoms with E-state index in [0.717, 1.165) is 19.5 Å². The molecule has 1 aliphatic rings. The van der Waals surface area contributed by atoms with Gasteiger partial charge in [-0.25, -0.2) is 0 Å². The van der Waals surface area contributed by atoms with Gasteiger partial charge in [-0.3, -0.25) is 4.79 Å². The van der Waals surface area contributed by atoms with Gasteiger partial charge >= 0.3 is 0 Å². The van der Waals surface area contributed by atoms with Gasteiger partial charge in [0.25, 0.3) is 0 Å². The lowest BCUT2D eigenvalue weighted by molar-refractivity contribution is -0.132. The molecule has 18 heavy (non-hydrogen) atoms. The molecule has 0 bridgehead atoms. The molecule has 0 aliphatic carbocycles. The van der Waals surface area contributed by atoms with Crippen molar-refractivity contribution in [3.8, 4) is 0 Å². The van der Waals surface area contributed by atoms with Crippen molar-refractivity contribution in [3.05, 3.63) is 34.9 Å². The number of rotatable bonds is 3. The summed E-state index contributed by atoms with van der Waals surface area (Å²) in [5.41, 5.74) is 3.99. The standard InChI is InChI=1S/C15H22N2O/c1-11-4-5-13(12(2)8-11)9-16-14-6-7-15(18)17(3)10-14/h4-5,8,14,16H,6-7,9-10H2,1-3H3. The van der Waals surface area contributed by atoms with E-state index in [-0.39, 0.29) is 5.91 Å². The van der Waals surface area contributed by atoms with Gasteiger partial charge in [-0.05, 0) is 31.4 Å². The molecular weight excluding hydrogens is 224 g/mol. The van der Waals surface area contributed by atoms with E-state index in [1.165, 1.54) is 16.7 Å². The van der Waals surface area contributed by atoms with E-state index >= 15 is 0 Å². The van der Waals surface area contributed by atoms with Crippen molar-refractivity contribution < 1.29 is 4.79 Å². The first-order valence-corrected chi connectivity index (χ1v) is 6.60. The van der Waals surface area contributed by atoms with Crippen LogP contribution in [0.5, 0.6) is 0 Å². The summed E-state index contributed by atoms with van der Waals surface area (Å²) in [4.78, 5) is 13.2. The highest BCUT2D eigenvalue weighted by Crippen LogP contribution is 2.13. The Morgan fingerprint density at radius 3 is 2.83 bits per heavy atom. The van der Waals surface area contributed by atoms with Crippen LogP contribution in [-0.2, 0) is 11.3 Å². The van der Waals surface area contributed by atoms with Crippen LogP contribution in [0.4, 0.5) is 0 Å². The molecule has 1 fully saturated rings. The molecule has 0 aromatic heterocycles. The SMILES string of the molecule is Cc1ccc(CNC2CCC(=O)N(C)C2)c(C)c1. The van der Waals surface area contributed by atoms with Gasteiger partial charge in [-0.15, -0.1) is 0 Å². The van der Waals surface area contributed by atoms with Crippen molar-refractivity contribution in [2.45, 2.75) is 39.3 Å². The van der Waals surface area contributed by atoms with Crippen LogP contribution in [0.25, 0.3) is 0 Å². The number of likely N-dealkylation sites (tertiary alicyclic amines) is 1. The van der Waals surface area contributed by atoms with Crippen LogP contribution in [-0.4, -0.2) is 30.4 Å². The number of carbonyl (C=O) groups is 1. The molecule has 2 rings (SSSR count). The lowest BCUT2D eigenvalue weighted by Crippen LogP contribution is -2.46. The zero-order valence-corrected chi connectivity index (χ0v) is 11.5. The molecule has 0 saturated carbocycles. The Balaban J connectivity index is 1.90. The first kappa shape index (κ1) is 13.1. The number of hydrogen-bond donors (Lipinski definition) is 1. The predicted molar refractivity (Wildman–Crippen MR) is 73.4 cm³/mol. The van der Waals surface area contributed by atoms with E-state index in [1.807, 2.05) is 11.9 Å². The Kier molecular flexibility index (Phi) is 4.02. The summed E-state index contributed by atoms with van der Waals surface area (Å²) in [7, 11) is 1.88. The second-order valence-corrected chi connectivity index (χ2v) is 5.32. The highest BCUT2D eigenvalue weighted by Gasteiger charge is 2.22. The normalized spacial score (nSPS) is 20.3. The number of aryl methyl sites for hydroxylation is 2. The topological polar surface area (TPSA) is 32.3 Å². The van der Waals surface area contributed by atoms with Gasteiger partial charge < -0.3 is 10.2 Å². The molecule has 1 amide bonds. The monoisotopic (exact) mass is 246 g/mol. The van der Waals surface area contributed by atoms with E-state index < -0.39 is 0 Å². The molecule has 1 heterocycles. The molecule has 1 unspecified atom stereocenters. The molecule has 3 nitrogen and oxygen atoms in total. The number of piperidine rings is 1. The van der Waals surface area contributed by atoms with Gasteiger partial charge in [0.15, 0.2) is 0 Å². The van der Waals surface area contributed by atoms with Gasteiger partial charge in [-0.2, -0.15) is 0 Å². The predicted octanol–water partition coefficient (Wildman–Crippen LogP) is 2.01. The third kappa shape index (κ3) is 3.10. The molecule has 1 aliphatic heterocycles. The van der Waals surface area contributed by atoms with Crippen LogP contribution in [0.2, 0.25) is 0 Å². The maximum Gasteiger partial charge on any atom is 0.222 e. The molecule has 3 heteroatoms. The van der Waals surface area contributed by atoms with E-state index in [2.05, 4.69) is 37.4 Å². The maximum atomic E-state index is 11.4. The Morgan fingerprint density at radius 1 is 1.39 bits per heavy atom. The zero-order valence-electron chi connectivity index (χ0n) is 11.5. The summed E-state index contributed by atoms with van der Waals surface area (Å²) in [6, 6.07) is 6.98. The number of carbonyl (C=O) groups excluding carboxylic acids is 1. The Morgan fingerprint density at radius 2 is 2.17 bits per heavy atom. The quantitative estimate of drug-likeness (QED) is 0.885. The minimum absolute atomic E-state index is 0.263. The second kappa shape index (κ2) is 5.53. The Hall–Kier alpha value is -1.35. The van der Waals surface area contributed by atoms with Gasteiger partial charge in [0.1, 0.15) is 0 Å². The van der Waals surface area contributed by atoms with Crippen molar-refractivity contribution in [1.29, 1.82) is 0 Å². The number of nitrogens with one attached hydrogen (secondary N) is 1. The van der Waals surface area contributed by atoms with Gasteiger partial charge in [-0.1, -0.05) is 23.8 Å². The van der Waals surface area contributed by atoms with Crippen molar-refractivity contribution in [1.82, 2.24) is 10.2 Å². The average molecular weight is 246 g/mol. The third-order valence-corrected chi connectivity index (χ3v) is 3.71. The van der Waals surface area contributed by atoms with Crippen LogP contribution in [0, 0.1) is 13.8 Å². The first-order valence-electron chi connectivity index (χ1n) is 6.60. The number of nitrogens with zero attached hydrogens (tertiary/aromatic N) is 1. The number of likely N-dealkylation sites (N-methyl/N-ethyl adjacent to an activating group) is 1. The van der Waals surface area contributed by atoms with Gasteiger partial charge in [0.05, 0.1) is 0 Å². The Bertz CT molecular complexity index is 442. The minimum atomic E-state index is 0.263. The van der Waals surface area contributed by atoms with E-state index in [4.69, 9.17) is 0 Å². The summed E-state index contributed by atoms with van der Waals surface area (Å²) < 4.78 is 0. The average Bonchev–Trinajstić information content (AvgIpc) is 2.32. The maximum absolute atomic E-state index is 11.4. The largest absolute Gasteiger partial charge is 0.344 e. The molecule has 1 saturated heterocycles. The third-order valence-electron chi connectivity index (χ3n) is 3.71. The van der Waals surface area contributed by atoms with Crippen molar-refractivity contribution in [2.75, 3.05) is 13.6 Å². The summed E-state index contributed by atoms with van der Waals surface area (Å²) >= 11 is 0. The van der Waals surface area contributed by atoms with Crippen molar-refractivity contribution in [3.63, 3.8) is 0 Å². The Labute approximate surface area is 109 Å². The second-order valence-electron chi connectivity index (χ2n) is 5.32. The van der Waals surface area contributed by atoms with Gasteiger partial charge in [0, 0.05) is 32.6 Å². The van der Waals surface area contributed by atoms with Gasteiger partial charge in [0.2, 0.25) is 5.91 Å². The lowest BCUT2D eigenvalue weighted by atomic mass is 10.0. The molecular formula is C15H22N2O. The molecule has 1 N–H and O–H groups in total. The van der Waals surface area contributed by atoms with E-state index in [9.17, 15) is 4.79 Å². The van der Waals surface area contributed by atoms with Crippen LogP contribution in [0.3, 0.4) is 0 Å². The highest BCUT2D eigenvalue weighted by atomic mass is 16.2. The number of benzene rings is 1. The van der Waals surface area contributed by atoms with Crippen LogP contribution in [0.1, 0.15) is 29.5 Å². The number of amides is 1. The number of hydrogen-bond acceptors (Lipinski definition) is 2. The minimum Gasteiger partial charge on any atom is -0.344 e. The highest BCUT2D eigenvalue weighted by molar-refractivity contribution is 5.76. The summed E-state index contributed by atoms with van der Waals surface area (Å²) in [6.07, 6.45) is 1.62. The first-order chi connectivity index (χ1) is 8.56. The molecule has 0 radical (unpaired) electrons. The molecule has 1 aromatic rings. The fourth-order valence-electron chi connectivity index (χ4n) is 2.48. The van der Waals surface area contributed by atoms with Crippen LogP contribution < -0.4 is 5.32 Å². The molecule has 0 spiro atoms. The molecule has 1 aromatic carbocycles. The van der Waals surface area contributed by atoms with Crippen molar-refractivity contribution >= 4 is 5.91 Å². The lowest BCUT2D eigenvalue weighted by Gasteiger charge is -2.30. The van der Waals surface area contributed by atoms with Crippen LogP contribution >= 0.6 is 0 Å². The summed E-state index contributed by atoms with van der Waals surface area (Å²) in [5.74, 6) is 0.263. The smallest absolute Gasteiger partial charge is 0.222 e. The summed E-state index contributed by atoms with van der Waals surface area (Å²) in [6.45, 7) is 5.98. The van der Waals surface area contributed by atoms with Crippen molar-refractivity contribution in [2.24, 2.45) is 0 Å². The summed E-state index contributed by atoms with van der Waals surface area (Å²) in [5, 5.41) is 3.56. The fraction of sp³-hybridized carbons (Fsp3) is 0.533.